The van der Waals surface area contributed by atoms with Gasteiger partial charge in [-0.05, 0) is 31.6 Å². The predicted molar refractivity (Wildman–Crippen MR) is 70.1 cm³/mol. The van der Waals surface area contributed by atoms with Crippen molar-refractivity contribution >= 4 is 5.96 Å². The summed E-state index contributed by atoms with van der Waals surface area (Å²) in [6.45, 7) is 5.95. The van der Waals surface area contributed by atoms with Crippen LogP contribution in [0.25, 0.3) is 0 Å². The van der Waals surface area contributed by atoms with Gasteiger partial charge in [-0.3, -0.25) is 4.99 Å². The quantitative estimate of drug-likeness (QED) is 0.572. The molecule has 2 fully saturated rings. The second-order valence-electron chi connectivity index (χ2n) is 5.17. The third-order valence-electron chi connectivity index (χ3n) is 3.97. The van der Waals surface area contributed by atoms with Crippen molar-refractivity contribution in [2.75, 3.05) is 32.8 Å². The van der Waals surface area contributed by atoms with E-state index in [1.54, 1.807) is 0 Å². The Hall–Kier alpha value is -0.770. The molecule has 98 valence electrons. The van der Waals surface area contributed by atoms with Gasteiger partial charge in [0.05, 0.1) is 13.2 Å². The maximum Gasteiger partial charge on any atom is 0.194 e. The highest BCUT2D eigenvalue weighted by atomic mass is 16.3. The number of guanidine groups is 1. The summed E-state index contributed by atoms with van der Waals surface area (Å²) in [5.41, 5.74) is 0. The summed E-state index contributed by atoms with van der Waals surface area (Å²) in [4.78, 5) is 6.84. The van der Waals surface area contributed by atoms with Gasteiger partial charge in [-0.25, -0.2) is 0 Å². The van der Waals surface area contributed by atoms with Crippen molar-refractivity contribution in [3.63, 3.8) is 0 Å². The minimum atomic E-state index is 0.135. The monoisotopic (exact) mass is 239 g/mol. The van der Waals surface area contributed by atoms with Gasteiger partial charge in [-0.1, -0.05) is 12.8 Å². The van der Waals surface area contributed by atoms with Gasteiger partial charge >= 0.3 is 0 Å². The first-order valence-electron chi connectivity index (χ1n) is 6.99. The maximum atomic E-state index is 8.88. The third kappa shape index (κ3) is 3.12. The Kier molecular flexibility index (Phi) is 4.66. The number of rotatable bonds is 3. The van der Waals surface area contributed by atoms with Crippen LogP contribution in [0.15, 0.2) is 4.99 Å². The number of aliphatic hydroxyl groups excluding tert-OH is 1. The van der Waals surface area contributed by atoms with Crippen LogP contribution in [0.1, 0.15) is 32.6 Å². The lowest BCUT2D eigenvalue weighted by Gasteiger charge is -2.22. The normalized spacial score (nSPS) is 29.3. The van der Waals surface area contributed by atoms with Gasteiger partial charge in [0.2, 0.25) is 0 Å². The Bertz CT molecular complexity index is 253. The van der Waals surface area contributed by atoms with Crippen LogP contribution in [0.2, 0.25) is 0 Å². The summed E-state index contributed by atoms with van der Waals surface area (Å²) in [5, 5.41) is 12.2. The molecule has 1 aliphatic heterocycles. The molecule has 0 bridgehead atoms. The van der Waals surface area contributed by atoms with Gasteiger partial charge in [-0.2, -0.15) is 0 Å². The van der Waals surface area contributed by atoms with E-state index in [1.807, 2.05) is 0 Å². The second-order valence-corrected chi connectivity index (χ2v) is 5.17. The molecule has 1 heterocycles. The smallest absolute Gasteiger partial charge is 0.194 e. The Morgan fingerprint density at radius 3 is 2.47 bits per heavy atom. The van der Waals surface area contributed by atoms with E-state index in [0.29, 0.717) is 6.54 Å². The van der Waals surface area contributed by atoms with E-state index in [1.165, 1.54) is 25.7 Å². The number of hydrogen-bond acceptors (Lipinski definition) is 2. The molecular weight excluding hydrogens is 214 g/mol. The molecule has 4 heteroatoms. The summed E-state index contributed by atoms with van der Waals surface area (Å²) in [5.74, 6) is 2.75. The molecule has 17 heavy (non-hydrogen) atoms. The SMILES string of the molecule is CCNC(=NCCO)N1CC2CCCCC2C1. The van der Waals surface area contributed by atoms with E-state index in [2.05, 4.69) is 22.1 Å². The van der Waals surface area contributed by atoms with Crippen LogP contribution < -0.4 is 5.32 Å². The van der Waals surface area contributed by atoms with Gasteiger partial charge in [0.1, 0.15) is 0 Å². The van der Waals surface area contributed by atoms with Gasteiger partial charge in [0.25, 0.3) is 0 Å². The Morgan fingerprint density at radius 1 is 1.29 bits per heavy atom. The number of nitrogens with one attached hydrogen (secondary N) is 1. The zero-order valence-electron chi connectivity index (χ0n) is 10.9. The molecule has 0 spiro atoms. The van der Waals surface area contributed by atoms with E-state index in [-0.39, 0.29) is 6.61 Å². The fourth-order valence-electron chi connectivity index (χ4n) is 3.16. The van der Waals surface area contributed by atoms with Crippen molar-refractivity contribution in [1.29, 1.82) is 0 Å². The molecule has 0 aromatic rings. The second kappa shape index (κ2) is 6.24. The average molecular weight is 239 g/mol. The van der Waals surface area contributed by atoms with Gasteiger partial charge in [0, 0.05) is 19.6 Å². The third-order valence-corrected chi connectivity index (χ3v) is 3.97. The summed E-state index contributed by atoms with van der Waals surface area (Å²) in [7, 11) is 0. The first kappa shape index (κ1) is 12.7. The highest BCUT2D eigenvalue weighted by Gasteiger charge is 2.35. The van der Waals surface area contributed by atoms with E-state index >= 15 is 0 Å². The minimum absolute atomic E-state index is 0.135. The average Bonchev–Trinajstić information content (AvgIpc) is 2.78. The van der Waals surface area contributed by atoms with Crippen molar-refractivity contribution in [2.24, 2.45) is 16.8 Å². The first-order valence-corrected chi connectivity index (χ1v) is 6.99. The molecular formula is C13H25N3O. The van der Waals surface area contributed by atoms with Crippen LogP contribution in [-0.4, -0.2) is 48.8 Å². The topological polar surface area (TPSA) is 47.9 Å². The molecule has 1 aliphatic carbocycles. The Morgan fingerprint density at radius 2 is 1.94 bits per heavy atom. The fraction of sp³-hybridized carbons (Fsp3) is 0.923. The zero-order valence-corrected chi connectivity index (χ0v) is 10.9. The lowest BCUT2D eigenvalue weighted by Crippen LogP contribution is -2.40. The van der Waals surface area contributed by atoms with Crippen molar-refractivity contribution < 1.29 is 5.11 Å². The number of hydrogen-bond donors (Lipinski definition) is 2. The van der Waals surface area contributed by atoms with Crippen LogP contribution in [0.3, 0.4) is 0 Å². The minimum Gasteiger partial charge on any atom is -0.394 e. The molecule has 2 rings (SSSR count). The summed E-state index contributed by atoms with van der Waals surface area (Å²) in [6.07, 6.45) is 5.58. The number of fused-ring (bicyclic) bond motifs is 1. The molecule has 2 aliphatic rings. The number of aliphatic hydroxyl groups is 1. The van der Waals surface area contributed by atoms with Crippen molar-refractivity contribution in [1.82, 2.24) is 10.2 Å². The van der Waals surface area contributed by atoms with Crippen molar-refractivity contribution in [3.8, 4) is 0 Å². The molecule has 0 radical (unpaired) electrons. The number of likely N-dealkylation sites (tertiary alicyclic amines) is 1. The molecule has 1 saturated heterocycles. The molecule has 2 unspecified atom stereocenters. The van der Waals surface area contributed by atoms with Gasteiger partial charge in [-0.15, -0.1) is 0 Å². The van der Waals surface area contributed by atoms with Crippen LogP contribution in [-0.2, 0) is 0 Å². The largest absolute Gasteiger partial charge is 0.394 e. The van der Waals surface area contributed by atoms with E-state index < -0.39 is 0 Å². The molecule has 0 amide bonds. The van der Waals surface area contributed by atoms with Gasteiger partial charge in [0.15, 0.2) is 5.96 Å². The van der Waals surface area contributed by atoms with Crippen LogP contribution in [0.5, 0.6) is 0 Å². The fourth-order valence-corrected chi connectivity index (χ4v) is 3.16. The summed E-state index contributed by atoms with van der Waals surface area (Å²) >= 11 is 0. The lowest BCUT2D eigenvalue weighted by atomic mass is 9.82. The molecule has 2 atom stereocenters. The van der Waals surface area contributed by atoms with E-state index in [9.17, 15) is 0 Å². The Balaban J connectivity index is 1.95. The first-order chi connectivity index (χ1) is 8.35. The standard InChI is InChI=1S/C13H25N3O/c1-2-14-13(15-7-8-17)16-9-11-5-3-4-6-12(11)10-16/h11-12,17H,2-10H2,1H3,(H,14,15). The predicted octanol–water partition coefficient (Wildman–Crippen LogP) is 1.07. The van der Waals surface area contributed by atoms with Crippen LogP contribution in [0.4, 0.5) is 0 Å². The zero-order chi connectivity index (χ0) is 12.1. The molecule has 0 aromatic carbocycles. The maximum absolute atomic E-state index is 8.88. The molecule has 2 N–H and O–H groups in total. The molecule has 0 aromatic heterocycles. The number of aliphatic imine (C=N–C) groups is 1. The van der Waals surface area contributed by atoms with Gasteiger partial charge < -0.3 is 15.3 Å². The van der Waals surface area contributed by atoms with Crippen molar-refractivity contribution in [3.05, 3.63) is 0 Å². The lowest BCUT2D eigenvalue weighted by molar-refractivity contribution is 0.299. The Labute approximate surface area is 104 Å². The summed E-state index contributed by atoms with van der Waals surface area (Å²) in [6, 6.07) is 0. The summed E-state index contributed by atoms with van der Waals surface area (Å²) < 4.78 is 0. The highest BCUT2D eigenvalue weighted by Crippen LogP contribution is 2.35. The number of nitrogens with zero attached hydrogens (tertiary/aromatic N) is 2. The van der Waals surface area contributed by atoms with Crippen molar-refractivity contribution in [2.45, 2.75) is 32.6 Å². The molecule has 1 saturated carbocycles. The van der Waals surface area contributed by atoms with Crippen LogP contribution >= 0.6 is 0 Å². The van der Waals surface area contributed by atoms with E-state index in [4.69, 9.17) is 5.11 Å². The molecule has 4 nitrogen and oxygen atoms in total. The van der Waals surface area contributed by atoms with E-state index in [0.717, 1.165) is 37.4 Å². The highest BCUT2D eigenvalue weighted by molar-refractivity contribution is 5.80. The van der Waals surface area contributed by atoms with Crippen LogP contribution in [0, 0.1) is 11.8 Å².